The number of nitrogens with zero attached hydrogens (tertiary/aromatic N) is 4. The highest BCUT2D eigenvalue weighted by atomic mass is 16.5. The van der Waals surface area contributed by atoms with Gasteiger partial charge in [-0.15, -0.1) is 0 Å². The lowest BCUT2D eigenvalue weighted by atomic mass is 9.98. The van der Waals surface area contributed by atoms with Gasteiger partial charge in [0.2, 0.25) is 11.8 Å². The highest BCUT2D eigenvalue weighted by molar-refractivity contribution is 6.07. The second kappa shape index (κ2) is 16.5. The van der Waals surface area contributed by atoms with Crippen LogP contribution in [0.15, 0.2) is 60.7 Å². The summed E-state index contributed by atoms with van der Waals surface area (Å²) >= 11 is 0. The number of piperidine rings is 1. The van der Waals surface area contributed by atoms with E-state index in [0.717, 1.165) is 67.0 Å². The first kappa shape index (κ1) is 42.1. The van der Waals surface area contributed by atoms with Crippen molar-refractivity contribution in [2.24, 2.45) is 29.6 Å². The maximum absolute atomic E-state index is 14.1. The Labute approximate surface area is 365 Å². The van der Waals surface area contributed by atoms with Crippen molar-refractivity contribution in [1.82, 2.24) is 40.4 Å². The van der Waals surface area contributed by atoms with Crippen molar-refractivity contribution in [3.05, 3.63) is 72.3 Å². The number of rotatable bonds is 11. The molecule has 1 saturated carbocycles. The summed E-state index contributed by atoms with van der Waals surface area (Å²) in [4.78, 5) is 73.7. The molecule has 0 bridgehead atoms. The van der Waals surface area contributed by atoms with Gasteiger partial charge in [-0.2, -0.15) is 0 Å². The minimum Gasteiger partial charge on any atom is -0.453 e. The average molecular weight is 857 g/mol. The number of hydrogen-bond donors (Lipinski definition) is 4. The van der Waals surface area contributed by atoms with E-state index in [-0.39, 0.29) is 47.7 Å². The van der Waals surface area contributed by atoms with Crippen molar-refractivity contribution >= 4 is 67.6 Å². The van der Waals surface area contributed by atoms with Gasteiger partial charge in [-0.3, -0.25) is 9.59 Å². The molecule has 2 aliphatic heterocycles. The minimum absolute atomic E-state index is 0.106. The molecule has 2 aromatic heterocycles. The number of imidazole rings is 2. The van der Waals surface area contributed by atoms with E-state index in [2.05, 4.69) is 76.1 Å². The maximum atomic E-state index is 14.1. The Bertz CT molecular complexity index is 2760. The average Bonchev–Trinajstić information content (AvgIpc) is 3.88. The van der Waals surface area contributed by atoms with Gasteiger partial charge >= 0.3 is 12.2 Å². The van der Waals surface area contributed by atoms with Crippen molar-refractivity contribution < 1.29 is 33.4 Å². The Hall–Kier alpha value is -6.22. The highest BCUT2D eigenvalue weighted by Crippen LogP contribution is 2.57. The summed E-state index contributed by atoms with van der Waals surface area (Å²) in [6.45, 7) is 10.8. The van der Waals surface area contributed by atoms with Crippen LogP contribution in [0.1, 0.15) is 71.2 Å². The van der Waals surface area contributed by atoms with Crippen LogP contribution in [-0.4, -0.2) is 106 Å². The maximum Gasteiger partial charge on any atom is 0.407 e. The Morgan fingerprint density at radius 3 is 1.75 bits per heavy atom. The lowest BCUT2D eigenvalue weighted by Crippen LogP contribution is -2.52. The third-order valence-corrected chi connectivity index (χ3v) is 13.7. The molecule has 0 spiro atoms. The fraction of sp³-hybridized carbons (Fsp3) is 0.458. The van der Waals surface area contributed by atoms with Gasteiger partial charge in [-0.1, -0.05) is 71.0 Å². The molecule has 3 fully saturated rings. The number of ether oxygens (including phenoxy) is 3. The molecule has 4 amide bonds. The lowest BCUT2D eigenvalue weighted by Gasteiger charge is -2.32. The molecule has 6 aromatic rings. The van der Waals surface area contributed by atoms with Gasteiger partial charge in [0.15, 0.2) is 0 Å². The fourth-order valence-corrected chi connectivity index (χ4v) is 10.3. The van der Waals surface area contributed by atoms with Crippen molar-refractivity contribution in [1.29, 1.82) is 0 Å². The number of amides is 4. The number of H-pyrrole nitrogens is 2. The number of aromatic amines is 2. The number of fused-ring (bicyclic) bond motifs is 7. The summed E-state index contributed by atoms with van der Waals surface area (Å²) in [7, 11) is 4.26. The molecule has 1 aliphatic carbocycles. The van der Waals surface area contributed by atoms with Gasteiger partial charge in [0.1, 0.15) is 23.7 Å². The molecule has 0 radical (unpaired) electrons. The number of hydrogen-bond acceptors (Lipinski definition) is 9. The summed E-state index contributed by atoms with van der Waals surface area (Å²) in [5.41, 5.74) is 5.60. The molecule has 4 heterocycles. The van der Waals surface area contributed by atoms with E-state index >= 15 is 0 Å². The lowest BCUT2D eigenvalue weighted by molar-refractivity contribution is -0.137. The molecule has 4 N–H and O–H groups in total. The minimum atomic E-state index is -0.751. The van der Waals surface area contributed by atoms with Crippen LogP contribution in [0.2, 0.25) is 0 Å². The number of carbonyl (C=O) groups is 4. The van der Waals surface area contributed by atoms with Crippen LogP contribution in [0.3, 0.4) is 0 Å². The van der Waals surface area contributed by atoms with Gasteiger partial charge in [-0.05, 0) is 82.7 Å². The van der Waals surface area contributed by atoms with Crippen molar-refractivity contribution in [3.8, 4) is 11.1 Å². The number of nitrogens with one attached hydrogen (secondary N) is 4. The van der Waals surface area contributed by atoms with E-state index in [4.69, 9.17) is 24.2 Å². The van der Waals surface area contributed by atoms with Gasteiger partial charge in [-0.25, -0.2) is 19.6 Å². The molecule has 3 aliphatic rings. The number of methoxy groups -OCH3 is 3. The largest absolute Gasteiger partial charge is 0.453 e. The van der Waals surface area contributed by atoms with Crippen LogP contribution >= 0.6 is 0 Å². The zero-order valence-corrected chi connectivity index (χ0v) is 37.0. The van der Waals surface area contributed by atoms with Gasteiger partial charge in [0, 0.05) is 36.4 Å². The topological polar surface area (TPSA) is 184 Å². The van der Waals surface area contributed by atoms with E-state index in [9.17, 15) is 19.2 Å². The molecule has 330 valence electrons. The van der Waals surface area contributed by atoms with Crippen molar-refractivity contribution in [2.75, 3.05) is 34.5 Å². The first-order valence-corrected chi connectivity index (χ1v) is 22.0. The molecular weight excluding hydrogens is 801 g/mol. The monoisotopic (exact) mass is 856 g/mol. The normalized spacial score (nSPS) is 22.9. The molecule has 15 heteroatoms. The van der Waals surface area contributed by atoms with Gasteiger partial charge < -0.3 is 44.6 Å². The number of alkyl carbamates (subject to hydrolysis) is 2. The number of benzene rings is 4. The number of carbonyl (C=O) groups excluding carboxylic acids is 4. The van der Waals surface area contributed by atoms with Crippen LogP contribution in [0.4, 0.5) is 9.59 Å². The molecule has 63 heavy (non-hydrogen) atoms. The van der Waals surface area contributed by atoms with E-state index in [1.807, 2.05) is 49.6 Å². The molecule has 9 rings (SSSR count). The van der Waals surface area contributed by atoms with Crippen molar-refractivity contribution in [2.45, 2.75) is 77.7 Å². The first-order chi connectivity index (χ1) is 30.3. The Morgan fingerprint density at radius 2 is 1.24 bits per heavy atom. The SMILES string of the molecule is COC[C@H]1C[C@@H](c2nc3ccc4cc(-c5ccc6c(ccc7nc([C@@H]8C[C@H]9[C@@H](C)[C@H]9N8C(=O)[C@@H](NC(=O)OC)C(C)C)[nH]c76)c5)ccc4c3[nH]2)N(C(=O)[C@@H](NC(=O)OC)C(C)C)C1. The Kier molecular flexibility index (Phi) is 11.0. The second-order valence-corrected chi connectivity index (χ2v) is 18.3. The zero-order valence-electron chi connectivity index (χ0n) is 37.0. The van der Waals surface area contributed by atoms with E-state index < -0.39 is 24.3 Å². The molecule has 4 aromatic carbocycles. The summed E-state index contributed by atoms with van der Waals surface area (Å²) in [5, 5.41) is 9.68. The second-order valence-electron chi connectivity index (χ2n) is 18.3. The predicted molar refractivity (Wildman–Crippen MR) is 240 cm³/mol. The van der Waals surface area contributed by atoms with Crippen molar-refractivity contribution in [3.63, 3.8) is 0 Å². The highest BCUT2D eigenvalue weighted by Gasteiger charge is 2.61. The molecular formula is C48H56N8O7. The van der Waals surface area contributed by atoms with Crippen LogP contribution in [0.25, 0.3) is 54.7 Å². The molecule has 15 nitrogen and oxygen atoms in total. The number of aromatic nitrogens is 4. The summed E-state index contributed by atoms with van der Waals surface area (Å²) in [5.74, 6) is 1.81. The standard InChI is InChI=1S/C48H56N8O7/c1-23(2)38(53-47(59)62-7)45(57)55-21-26(22-61-6)17-36(55)43-49-34-15-11-29-18-27(9-13-31(29)40(34)51-43)28-10-14-32-30(19-28)12-16-35-41(32)52-44(50-35)37-20-33-25(5)42(33)56(37)46(58)39(24(3)4)54-48(60)63-8/h9-16,18-19,23-26,33,36-39,42H,17,20-22H2,1-8H3,(H,49,51)(H,50,52)(H,53,59)(H,54,60)/t25-,26+,33+,36+,37+,38+,39+,42-/m1/s1. The smallest absolute Gasteiger partial charge is 0.407 e. The fourth-order valence-electron chi connectivity index (χ4n) is 10.3. The van der Waals surface area contributed by atoms with Gasteiger partial charge in [0.25, 0.3) is 0 Å². The Balaban J connectivity index is 0.991. The molecule has 0 unspecified atom stereocenters. The summed E-state index contributed by atoms with van der Waals surface area (Å²) in [6, 6.07) is 19.2. The third kappa shape index (κ3) is 7.49. The van der Waals surface area contributed by atoms with E-state index in [0.29, 0.717) is 37.2 Å². The van der Waals surface area contributed by atoms with E-state index in [1.54, 1.807) is 7.11 Å². The predicted octanol–water partition coefficient (Wildman–Crippen LogP) is 7.62. The third-order valence-electron chi connectivity index (χ3n) is 13.7. The van der Waals surface area contributed by atoms with Crippen LogP contribution in [-0.2, 0) is 23.8 Å². The van der Waals surface area contributed by atoms with Gasteiger partial charge in [0.05, 0.1) is 55.0 Å². The quantitative estimate of drug-likeness (QED) is 0.102. The zero-order chi connectivity index (χ0) is 44.4. The van der Waals surface area contributed by atoms with Crippen LogP contribution in [0.5, 0.6) is 0 Å². The molecule has 8 atom stereocenters. The summed E-state index contributed by atoms with van der Waals surface area (Å²) in [6.07, 6.45) is 0.231. The Morgan fingerprint density at radius 1 is 0.714 bits per heavy atom. The van der Waals surface area contributed by atoms with Crippen LogP contribution in [0, 0.1) is 29.6 Å². The summed E-state index contributed by atoms with van der Waals surface area (Å²) < 4.78 is 15.2. The first-order valence-electron chi connectivity index (χ1n) is 22.0. The molecule has 2 saturated heterocycles. The van der Waals surface area contributed by atoms with E-state index in [1.165, 1.54) is 14.2 Å². The number of likely N-dealkylation sites (tertiary alicyclic amines) is 2. The van der Waals surface area contributed by atoms with Crippen LogP contribution < -0.4 is 10.6 Å².